The Labute approximate surface area is 157 Å². The largest absolute Gasteiger partial charge is 0.330 e. The molecule has 5 nitrogen and oxygen atoms in total. The molecule has 1 heterocycles. The first-order valence-electron chi connectivity index (χ1n) is 9.07. The third-order valence-corrected chi connectivity index (χ3v) is 4.87. The third kappa shape index (κ3) is 3.60. The second kappa shape index (κ2) is 6.95. The van der Waals surface area contributed by atoms with Gasteiger partial charge in [-0.15, -0.1) is 5.10 Å². The smallest absolute Gasteiger partial charge is 0.276 e. The molecule has 27 heavy (non-hydrogen) atoms. The molecule has 1 saturated carbocycles. The molecule has 0 radical (unpaired) electrons. The molecule has 0 saturated heterocycles. The highest BCUT2D eigenvalue weighted by atomic mass is 19.1. The van der Waals surface area contributed by atoms with E-state index in [4.69, 9.17) is 0 Å². The maximum Gasteiger partial charge on any atom is 0.276 e. The molecule has 0 N–H and O–H groups in total. The van der Waals surface area contributed by atoms with Gasteiger partial charge >= 0.3 is 0 Å². The van der Waals surface area contributed by atoms with Gasteiger partial charge in [0, 0.05) is 12.6 Å². The Morgan fingerprint density at radius 3 is 2.59 bits per heavy atom. The molecule has 1 fully saturated rings. The van der Waals surface area contributed by atoms with Crippen LogP contribution >= 0.6 is 0 Å². The minimum absolute atomic E-state index is 0.155. The van der Waals surface area contributed by atoms with Gasteiger partial charge in [0.1, 0.15) is 5.82 Å². The Kier molecular flexibility index (Phi) is 4.48. The fourth-order valence-electron chi connectivity index (χ4n) is 3.18. The zero-order valence-electron chi connectivity index (χ0n) is 15.4. The van der Waals surface area contributed by atoms with Crippen molar-refractivity contribution in [3.05, 3.63) is 76.9 Å². The SMILES string of the molecule is Cc1ccc(-n2nnc(C(=O)N(Cc3cccc(F)c3)C3CC3)c2C)cc1. The van der Waals surface area contributed by atoms with Gasteiger partial charge in [-0.25, -0.2) is 9.07 Å². The summed E-state index contributed by atoms with van der Waals surface area (Å²) in [5.41, 5.74) is 3.85. The van der Waals surface area contributed by atoms with Gasteiger partial charge in [0.05, 0.1) is 11.4 Å². The zero-order chi connectivity index (χ0) is 19.0. The van der Waals surface area contributed by atoms with Gasteiger partial charge in [0.2, 0.25) is 0 Å². The molecule has 0 atom stereocenters. The molecule has 1 aliphatic carbocycles. The van der Waals surface area contributed by atoms with E-state index < -0.39 is 0 Å². The van der Waals surface area contributed by atoms with Crippen molar-refractivity contribution in [3.63, 3.8) is 0 Å². The molecule has 0 bridgehead atoms. The first-order chi connectivity index (χ1) is 13.0. The molecule has 0 aliphatic heterocycles. The fraction of sp³-hybridized carbons (Fsp3) is 0.286. The van der Waals surface area contributed by atoms with Crippen molar-refractivity contribution in [2.75, 3.05) is 0 Å². The van der Waals surface area contributed by atoms with Gasteiger partial charge in [-0.05, 0) is 56.5 Å². The molecule has 1 amide bonds. The highest BCUT2D eigenvalue weighted by Gasteiger charge is 2.35. The van der Waals surface area contributed by atoms with Crippen molar-refractivity contribution in [1.82, 2.24) is 19.9 Å². The maximum absolute atomic E-state index is 13.5. The van der Waals surface area contributed by atoms with Crippen LogP contribution in [0, 0.1) is 19.7 Å². The van der Waals surface area contributed by atoms with Crippen LogP contribution in [0.5, 0.6) is 0 Å². The normalized spacial score (nSPS) is 13.6. The first-order valence-corrected chi connectivity index (χ1v) is 9.07. The zero-order valence-corrected chi connectivity index (χ0v) is 15.4. The molecule has 138 valence electrons. The summed E-state index contributed by atoms with van der Waals surface area (Å²) in [5.74, 6) is -0.449. The number of carbonyl (C=O) groups is 1. The predicted octanol–water partition coefficient (Wildman–Crippen LogP) is 3.83. The molecule has 6 heteroatoms. The van der Waals surface area contributed by atoms with E-state index in [0.29, 0.717) is 17.9 Å². The van der Waals surface area contributed by atoms with Crippen LogP contribution in [0.2, 0.25) is 0 Å². The van der Waals surface area contributed by atoms with Gasteiger partial charge in [-0.3, -0.25) is 4.79 Å². The van der Waals surface area contributed by atoms with E-state index in [1.807, 2.05) is 44.2 Å². The topological polar surface area (TPSA) is 51.0 Å². The van der Waals surface area contributed by atoms with Crippen molar-refractivity contribution >= 4 is 5.91 Å². The summed E-state index contributed by atoms with van der Waals surface area (Å²) in [4.78, 5) is 14.9. The number of rotatable bonds is 5. The van der Waals surface area contributed by atoms with E-state index in [1.165, 1.54) is 12.1 Å². The van der Waals surface area contributed by atoms with Crippen LogP contribution < -0.4 is 0 Å². The Hall–Kier alpha value is -3.02. The average molecular weight is 364 g/mol. The van der Waals surface area contributed by atoms with Crippen LogP contribution in [-0.4, -0.2) is 31.8 Å². The van der Waals surface area contributed by atoms with E-state index in [-0.39, 0.29) is 17.8 Å². The first kappa shape index (κ1) is 17.4. The maximum atomic E-state index is 13.5. The minimum Gasteiger partial charge on any atom is -0.330 e. The lowest BCUT2D eigenvalue weighted by molar-refractivity contribution is 0.0723. The van der Waals surface area contributed by atoms with Crippen molar-refractivity contribution < 1.29 is 9.18 Å². The molecule has 1 aliphatic rings. The summed E-state index contributed by atoms with van der Waals surface area (Å²) >= 11 is 0. The summed E-state index contributed by atoms with van der Waals surface area (Å²) in [6, 6.07) is 14.5. The average Bonchev–Trinajstić information content (AvgIpc) is 3.42. The van der Waals surface area contributed by atoms with Gasteiger partial charge in [0.15, 0.2) is 5.69 Å². The lowest BCUT2D eigenvalue weighted by Gasteiger charge is -2.22. The van der Waals surface area contributed by atoms with E-state index in [1.54, 1.807) is 15.6 Å². The molecular formula is C21H21FN4O. The summed E-state index contributed by atoms with van der Waals surface area (Å²) in [6.45, 7) is 4.24. The van der Waals surface area contributed by atoms with Gasteiger partial charge in [-0.2, -0.15) is 0 Å². The number of nitrogens with zero attached hydrogens (tertiary/aromatic N) is 4. The highest BCUT2D eigenvalue weighted by Crippen LogP contribution is 2.30. The van der Waals surface area contributed by atoms with Gasteiger partial charge < -0.3 is 4.90 Å². The standard InChI is InChI=1S/C21H21FN4O/c1-14-6-8-19(9-7-14)26-15(2)20(23-24-26)21(27)25(18-10-11-18)13-16-4-3-5-17(22)12-16/h3-9,12,18H,10-11,13H2,1-2H3. The van der Waals surface area contributed by atoms with Crippen molar-refractivity contribution in [2.24, 2.45) is 0 Å². The van der Waals surface area contributed by atoms with E-state index in [9.17, 15) is 9.18 Å². The highest BCUT2D eigenvalue weighted by molar-refractivity contribution is 5.93. The minimum atomic E-state index is -0.294. The molecular weight excluding hydrogens is 343 g/mol. The van der Waals surface area contributed by atoms with Crippen LogP contribution in [0.1, 0.15) is 40.2 Å². The number of hydrogen-bond acceptors (Lipinski definition) is 3. The number of aromatic nitrogens is 3. The number of hydrogen-bond donors (Lipinski definition) is 0. The number of aryl methyl sites for hydroxylation is 1. The third-order valence-electron chi connectivity index (χ3n) is 4.87. The predicted molar refractivity (Wildman–Crippen MR) is 100 cm³/mol. The quantitative estimate of drug-likeness (QED) is 0.691. The van der Waals surface area contributed by atoms with Crippen molar-refractivity contribution in [2.45, 2.75) is 39.3 Å². The van der Waals surface area contributed by atoms with Gasteiger partial charge in [-0.1, -0.05) is 35.0 Å². The lowest BCUT2D eigenvalue weighted by Crippen LogP contribution is -2.33. The second-order valence-electron chi connectivity index (χ2n) is 7.06. The van der Waals surface area contributed by atoms with Crippen LogP contribution in [0.15, 0.2) is 48.5 Å². The molecule has 3 aromatic rings. The Balaban J connectivity index is 1.61. The summed E-state index contributed by atoms with van der Waals surface area (Å²) in [5, 5.41) is 8.33. The second-order valence-corrected chi connectivity index (χ2v) is 7.06. The number of amides is 1. The van der Waals surface area contributed by atoms with Crippen LogP contribution in [0.4, 0.5) is 4.39 Å². The van der Waals surface area contributed by atoms with Gasteiger partial charge in [0.25, 0.3) is 5.91 Å². The Morgan fingerprint density at radius 1 is 1.19 bits per heavy atom. The van der Waals surface area contributed by atoms with Crippen LogP contribution in [-0.2, 0) is 6.54 Å². The molecule has 4 rings (SSSR count). The van der Waals surface area contributed by atoms with E-state index in [0.717, 1.165) is 29.7 Å². The molecule has 0 spiro atoms. The monoisotopic (exact) mass is 364 g/mol. The number of carbonyl (C=O) groups excluding carboxylic acids is 1. The summed E-state index contributed by atoms with van der Waals surface area (Å²) < 4.78 is 15.2. The van der Waals surface area contributed by atoms with E-state index in [2.05, 4.69) is 10.3 Å². The number of halogens is 1. The Morgan fingerprint density at radius 2 is 1.93 bits per heavy atom. The molecule has 0 unspecified atom stereocenters. The molecule has 1 aromatic heterocycles. The number of benzene rings is 2. The van der Waals surface area contributed by atoms with Crippen LogP contribution in [0.25, 0.3) is 5.69 Å². The van der Waals surface area contributed by atoms with Crippen molar-refractivity contribution in [1.29, 1.82) is 0 Å². The Bertz CT molecular complexity index is 976. The van der Waals surface area contributed by atoms with Crippen LogP contribution in [0.3, 0.4) is 0 Å². The summed E-state index contributed by atoms with van der Waals surface area (Å²) in [6.07, 6.45) is 1.93. The van der Waals surface area contributed by atoms with E-state index >= 15 is 0 Å². The fourth-order valence-corrected chi connectivity index (χ4v) is 3.18. The lowest BCUT2D eigenvalue weighted by atomic mass is 10.2. The summed E-state index contributed by atoms with van der Waals surface area (Å²) in [7, 11) is 0. The van der Waals surface area contributed by atoms with Crippen molar-refractivity contribution in [3.8, 4) is 5.69 Å². The molecule has 2 aromatic carbocycles.